The molecular weight excluding hydrogens is 314 g/mol. The summed E-state index contributed by atoms with van der Waals surface area (Å²) in [6.07, 6.45) is 0. The molecule has 1 amide bonds. The van der Waals surface area contributed by atoms with Crippen LogP contribution in [0.1, 0.15) is 29.0 Å². The fourth-order valence-electron chi connectivity index (χ4n) is 2.76. The number of amides is 1. The molecule has 5 heteroatoms. The maximum absolute atomic E-state index is 12.6. The first-order valence-corrected chi connectivity index (χ1v) is 8.13. The van der Waals surface area contributed by atoms with Gasteiger partial charge in [-0.05, 0) is 30.7 Å². The molecule has 0 saturated heterocycles. The highest BCUT2D eigenvalue weighted by atomic mass is 16.5. The second kappa shape index (κ2) is 7.21. The molecule has 1 N–H and O–H groups in total. The summed E-state index contributed by atoms with van der Waals surface area (Å²) < 4.78 is 6.97. The number of benzene rings is 2. The van der Waals surface area contributed by atoms with Crippen molar-refractivity contribution in [2.24, 2.45) is 7.05 Å². The van der Waals surface area contributed by atoms with E-state index in [-0.39, 0.29) is 11.9 Å². The lowest BCUT2D eigenvalue weighted by atomic mass is 10.1. The average Bonchev–Trinajstić information content (AvgIpc) is 3.04. The molecule has 0 aliphatic rings. The van der Waals surface area contributed by atoms with E-state index in [0.717, 1.165) is 16.9 Å². The number of ether oxygens (including phenoxy) is 1. The molecule has 1 aromatic heterocycles. The van der Waals surface area contributed by atoms with Crippen LogP contribution in [0, 0.1) is 0 Å². The lowest BCUT2D eigenvalue weighted by Gasteiger charge is -2.14. The van der Waals surface area contributed by atoms with Gasteiger partial charge >= 0.3 is 0 Å². The Hall–Kier alpha value is -3.08. The first kappa shape index (κ1) is 16.8. The molecule has 3 rings (SSSR count). The molecular formula is C20H21N3O2. The molecule has 0 aliphatic heterocycles. The molecule has 0 unspecified atom stereocenters. The van der Waals surface area contributed by atoms with Crippen molar-refractivity contribution in [3.05, 3.63) is 71.9 Å². The van der Waals surface area contributed by atoms with Gasteiger partial charge in [0.05, 0.1) is 18.8 Å². The quantitative estimate of drug-likeness (QED) is 0.775. The van der Waals surface area contributed by atoms with Crippen LogP contribution in [0.25, 0.3) is 11.3 Å². The zero-order valence-corrected chi connectivity index (χ0v) is 14.6. The van der Waals surface area contributed by atoms with Gasteiger partial charge in [-0.3, -0.25) is 9.48 Å². The molecule has 0 saturated carbocycles. The van der Waals surface area contributed by atoms with E-state index in [0.29, 0.717) is 11.4 Å². The van der Waals surface area contributed by atoms with E-state index < -0.39 is 0 Å². The van der Waals surface area contributed by atoms with Gasteiger partial charge in [-0.15, -0.1) is 0 Å². The Morgan fingerprint density at radius 2 is 1.80 bits per heavy atom. The topological polar surface area (TPSA) is 56.1 Å². The molecule has 1 atom stereocenters. The molecule has 0 bridgehead atoms. The van der Waals surface area contributed by atoms with Crippen molar-refractivity contribution in [1.29, 1.82) is 0 Å². The Kier molecular flexibility index (Phi) is 4.84. The summed E-state index contributed by atoms with van der Waals surface area (Å²) in [5.41, 5.74) is 3.12. The van der Waals surface area contributed by atoms with Crippen LogP contribution in [0.5, 0.6) is 5.75 Å². The van der Waals surface area contributed by atoms with E-state index in [1.807, 2.05) is 61.5 Å². The van der Waals surface area contributed by atoms with E-state index in [4.69, 9.17) is 4.74 Å². The molecule has 0 spiro atoms. The summed E-state index contributed by atoms with van der Waals surface area (Å²) in [6.45, 7) is 1.96. The molecule has 5 nitrogen and oxygen atoms in total. The van der Waals surface area contributed by atoms with Crippen LogP contribution in [0.4, 0.5) is 0 Å². The monoisotopic (exact) mass is 335 g/mol. The molecule has 128 valence electrons. The van der Waals surface area contributed by atoms with Gasteiger partial charge in [0.1, 0.15) is 11.4 Å². The summed E-state index contributed by atoms with van der Waals surface area (Å²) in [4.78, 5) is 12.6. The summed E-state index contributed by atoms with van der Waals surface area (Å²) in [7, 11) is 3.39. The van der Waals surface area contributed by atoms with Crippen molar-refractivity contribution in [3.63, 3.8) is 0 Å². The minimum Gasteiger partial charge on any atom is -0.496 e. The molecule has 0 radical (unpaired) electrons. The summed E-state index contributed by atoms with van der Waals surface area (Å²) in [5.74, 6) is 0.567. The van der Waals surface area contributed by atoms with Crippen molar-refractivity contribution in [1.82, 2.24) is 15.1 Å². The van der Waals surface area contributed by atoms with Crippen molar-refractivity contribution < 1.29 is 9.53 Å². The van der Waals surface area contributed by atoms with Crippen molar-refractivity contribution in [3.8, 4) is 17.0 Å². The third-order valence-electron chi connectivity index (χ3n) is 4.14. The van der Waals surface area contributed by atoms with Crippen LogP contribution in [-0.2, 0) is 7.05 Å². The number of methoxy groups -OCH3 is 1. The number of rotatable bonds is 5. The van der Waals surface area contributed by atoms with Crippen LogP contribution in [-0.4, -0.2) is 22.8 Å². The maximum atomic E-state index is 12.6. The number of aromatic nitrogens is 2. The maximum Gasteiger partial charge on any atom is 0.270 e. The minimum atomic E-state index is -0.160. The van der Waals surface area contributed by atoms with E-state index >= 15 is 0 Å². The number of hydrogen-bond acceptors (Lipinski definition) is 3. The molecule has 0 aliphatic carbocycles. The van der Waals surface area contributed by atoms with Gasteiger partial charge in [0, 0.05) is 12.6 Å². The predicted octanol–water partition coefficient (Wildman–Crippen LogP) is 3.59. The van der Waals surface area contributed by atoms with Crippen LogP contribution < -0.4 is 10.1 Å². The Morgan fingerprint density at radius 1 is 1.12 bits per heavy atom. The number of nitrogens with one attached hydrogen (secondary N) is 1. The highest BCUT2D eigenvalue weighted by Crippen LogP contribution is 2.29. The first-order chi connectivity index (χ1) is 12.1. The van der Waals surface area contributed by atoms with Gasteiger partial charge in [0.25, 0.3) is 5.91 Å². The smallest absolute Gasteiger partial charge is 0.270 e. The molecule has 0 fully saturated rings. The van der Waals surface area contributed by atoms with Gasteiger partial charge in [0.2, 0.25) is 0 Å². The van der Waals surface area contributed by atoms with Gasteiger partial charge in [-0.2, -0.15) is 5.10 Å². The van der Waals surface area contributed by atoms with Crippen LogP contribution in [0.15, 0.2) is 60.7 Å². The first-order valence-electron chi connectivity index (χ1n) is 8.13. The number of carbonyl (C=O) groups excluding carboxylic acids is 1. The van der Waals surface area contributed by atoms with Crippen LogP contribution in [0.3, 0.4) is 0 Å². The second-order valence-electron chi connectivity index (χ2n) is 5.84. The largest absolute Gasteiger partial charge is 0.496 e. The van der Waals surface area contributed by atoms with E-state index in [2.05, 4.69) is 10.4 Å². The highest BCUT2D eigenvalue weighted by Gasteiger charge is 2.18. The van der Waals surface area contributed by atoms with Gasteiger partial charge in [-0.25, -0.2) is 0 Å². The Balaban J connectivity index is 1.84. The second-order valence-corrected chi connectivity index (χ2v) is 5.84. The van der Waals surface area contributed by atoms with Crippen molar-refractivity contribution in [2.45, 2.75) is 13.0 Å². The lowest BCUT2D eigenvalue weighted by Crippen LogP contribution is -2.28. The van der Waals surface area contributed by atoms with Gasteiger partial charge in [-0.1, -0.05) is 42.5 Å². The SMILES string of the molecule is COc1ccccc1-c1cc(C(=O)N[C@H](C)c2ccccc2)n(C)n1. The van der Waals surface area contributed by atoms with Gasteiger partial charge in [0.15, 0.2) is 0 Å². The minimum absolute atomic E-state index is 0.0849. The van der Waals surface area contributed by atoms with Crippen LogP contribution >= 0.6 is 0 Å². The zero-order valence-electron chi connectivity index (χ0n) is 14.6. The number of carbonyl (C=O) groups is 1. The van der Waals surface area contributed by atoms with Gasteiger partial charge < -0.3 is 10.1 Å². The lowest BCUT2D eigenvalue weighted by molar-refractivity contribution is 0.0930. The summed E-state index contributed by atoms with van der Waals surface area (Å²) in [6, 6.07) is 19.2. The molecule has 3 aromatic rings. The summed E-state index contributed by atoms with van der Waals surface area (Å²) >= 11 is 0. The highest BCUT2D eigenvalue weighted by molar-refractivity contribution is 5.94. The standard InChI is InChI=1S/C20H21N3O2/c1-14(15-9-5-4-6-10-15)21-20(24)18-13-17(22-23(18)2)16-11-7-8-12-19(16)25-3/h4-14H,1-3H3,(H,21,24)/t14-/m1/s1. The van der Waals surface area contributed by atoms with Crippen LogP contribution in [0.2, 0.25) is 0 Å². The average molecular weight is 335 g/mol. The number of para-hydroxylation sites is 1. The normalized spacial score (nSPS) is 11.8. The Morgan fingerprint density at radius 3 is 2.52 bits per heavy atom. The zero-order chi connectivity index (χ0) is 17.8. The fraction of sp³-hybridized carbons (Fsp3) is 0.200. The van der Waals surface area contributed by atoms with Crippen molar-refractivity contribution >= 4 is 5.91 Å². The van der Waals surface area contributed by atoms with E-state index in [1.54, 1.807) is 24.9 Å². The Bertz CT molecular complexity index is 872. The fourth-order valence-corrected chi connectivity index (χ4v) is 2.76. The van der Waals surface area contributed by atoms with E-state index in [1.165, 1.54) is 0 Å². The molecule has 25 heavy (non-hydrogen) atoms. The number of aryl methyl sites for hydroxylation is 1. The number of hydrogen-bond donors (Lipinski definition) is 1. The third kappa shape index (κ3) is 3.55. The number of nitrogens with zero attached hydrogens (tertiary/aromatic N) is 2. The molecule has 1 heterocycles. The molecule has 2 aromatic carbocycles. The predicted molar refractivity (Wildman–Crippen MR) is 97.5 cm³/mol. The summed E-state index contributed by atoms with van der Waals surface area (Å²) in [5, 5.41) is 7.48. The Labute approximate surface area is 147 Å². The van der Waals surface area contributed by atoms with E-state index in [9.17, 15) is 4.79 Å². The third-order valence-corrected chi connectivity index (χ3v) is 4.14. The van der Waals surface area contributed by atoms with Crippen molar-refractivity contribution in [2.75, 3.05) is 7.11 Å².